The third kappa shape index (κ3) is 3.58. The first-order chi connectivity index (χ1) is 11.2. The standard InChI is InChI=1S/C17H22N2O3S/c1-21-16-8-7-15(11-17(16)22-2)23(20)12-13-9-10-19(18-13)14-5-3-4-6-14/h7-11,14H,3-6,12H2,1-2H3/t23-/m0/s1. The molecule has 2 aromatic rings. The van der Waals surface area contributed by atoms with Gasteiger partial charge < -0.3 is 9.47 Å². The molecule has 1 atom stereocenters. The van der Waals surface area contributed by atoms with E-state index >= 15 is 0 Å². The van der Waals surface area contributed by atoms with Gasteiger partial charge in [-0.05, 0) is 31.0 Å². The van der Waals surface area contributed by atoms with Gasteiger partial charge in [0.05, 0.1) is 42.5 Å². The fraction of sp³-hybridized carbons (Fsp3) is 0.471. The molecule has 0 amide bonds. The average molecular weight is 334 g/mol. The molecule has 5 nitrogen and oxygen atoms in total. The molecule has 0 bridgehead atoms. The molecule has 0 unspecified atom stereocenters. The van der Waals surface area contributed by atoms with Crippen LogP contribution < -0.4 is 9.47 Å². The number of aromatic nitrogens is 2. The molecule has 1 heterocycles. The number of hydrogen-bond donors (Lipinski definition) is 0. The Hall–Kier alpha value is -1.82. The van der Waals surface area contributed by atoms with E-state index in [-0.39, 0.29) is 0 Å². The molecular weight excluding hydrogens is 312 g/mol. The van der Waals surface area contributed by atoms with Gasteiger partial charge in [-0.25, -0.2) is 0 Å². The third-order valence-corrected chi connectivity index (χ3v) is 5.60. The van der Waals surface area contributed by atoms with Gasteiger partial charge in [0.25, 0.3) is 0 Å². The summed E-state index contributed by atoms with van der Waals surface area (Å²) in [7, 11) is 2.01. The van der Waals surface area contributed by atoms with E-state index in [1.165, 1.54) is 25.7 Å². The minimum absolute atomic E-state index is 0.412. The first-order valence-corrected chi connectivity index (χ1v) is 9.17. The van der Waals surface area contributed by atoms with E-state index in [0.29, 0.717) is 23.3 Å². The fourth-order valence-corrected chi connectivity index (χ4v) is 4.05. The lowest BCUT2D eigenvalue weighted by Crippen LogP contribution is -2.06. The van der Waals surface area contributed by atoms with Crippen molar-refractivity contribution in [3.05, 3.63) is 36.2 Å². The zero-order chi connectivity index (χ0) is 16.2. The lowest BCUT2D eigenvalue weighted by atomic mass is 10.3. The SMILES string of the molecule is COc1ccc([S@@](=O)Cc2ccn(C3CCCC3)n2)cc1OC. The smallest absolute Gasteiger partial charge is 0.161 e. The molecule has 124 valence electrons. The molecule has 1 aliphatic rings. The van der Waals surface area contributed by atoms with Gasteiger partial charge in [0, 0.05) is 17.2 Å². The highest BCUT2D eigenvalue weighted by Gasteiger charge is 2.18. The quantitative estimate of drug-likeness (QED) is 0.813. The lowest BCUT2D eigenvalue weighted by Gasteiger charge is -2.10. The van der Waals surface area contributed by atoms with E-state index in [1.807, 2.05) is 23.0 Å². The summed E-state index contributed by atoms with van der Waals surface area (Å²) in [4.78, 5) is 0.720. The maximum Gasteiger partial charge on any atom is 0.161 e. The van der Waals surface area contributed by atoms with Crippen molar-refractivity contribution in [2.45, 2.75) is 42.4 Å². The highest BCUT2D eigenvalue weighted by atomic mass is 32.2. The van der Waals surface area contributed by atoms with Crippen molar-refractivity contribution in [3.8, 4) is 11.5 Å². The molecule has 0 N–H and O–H groups in total. The number of benzene rings is 1. The Balaban J connectivity index is 1.71. The molecule has 0 aliphatic heterocycles. The Morgan fingerprint density at radius 3 is 2.61 bits per heavy atom. The summed E-state index contributed by atoms with van der Waals surface area (Å²) >= 11 is 0. The molecule has 1 aromatic heterocycles. The maximum atomic E-state index is 12.6. The monoisotopic (exact) mass is 334 g/mol. The van der Waals surface area contributed by atoms with E-state index in [4.69, 9.17) is 9.47 Å². The molecule has 23 heavy (non-hydrogen) atoms. The van der Waals surface area contributed by atoms with Crippen LogP contribution in [0.15, 0.2) is 35.4 Å². The Labute approximate surface area is 139 Å². The second kappa shape index (κ2) is 7.17. The molecule has 1 saturated carbocycles. The molecule has 1 aromatic carbocycles. The Kier molecular flexibility index (Phi) is 5.00. The van der Waals surface area contributed by atoms with Crippen molar-refractivity contribution < 1.29 is 13.7 Å². The molecule has 0 radical (unpaired) electrons. The topological polar surface area (TPSA) is 53.4 Å². The van der Waals surface area contributed by atoms with Gasteiger partial charge in [0.15, 0.2) is 11.5 Å². The minimum Gasteiger partial charge on any atom is -0.493 e. The lowest BCUT2D eigenvalue weighted by molar-refractivity contribution is 0.354. The molecule has 1 fully saturated rings. The Morgan fingerprint density at radius 2 is 1.91 bits per heavy atom. The Bertz CT molecular complexity index is 693. The van der Waals surface area contributed by atoms with Gasteiger partial charge in [-0.15, -0.1) is 0 Å². The molecule has 0 spiro atoms. The van der Waals surface area contributed by atoms with Crippen LogP contribution >= 0.6 is 0 Å². The molecule has 6 heteroatoms. The van der Waals surface area contributed by atoms with Gasteiger partial charge in [-0.3, -0.25) is 8.89 Å². The summed E-state index contributed by atoms with van der Waals surface area (Å²) in [5.41, 5.74) is 0.866. The van der Waals surface area contributed by atoms with Crippen LogP contribution in [-0.2, 0) is 16.6 Å². The van der Waals surface area contributed by atoms with Crippen molar-refractivity contribution in [1.29, 1.82) is 0 Å². The van der Waals surface area contributed by atoms with Crippen molar-refractivity contribution >= 4 is 10.8 Å². The van der Waals surface area contributed by atoms with E-state index in [2.05, 4.69) is 5.10 Å². The number of methoxy groups -OCH3 is 2. The summed E-state index contributed by atoms with van der Waals surface area (Å²) in [5, 5.41) is 4.60. The number of ether oxygens (including phenoxy) is 2. The molecule has 0 saturated heterocycles. The Morgan fingerprint density at radius 1 is 1.17 bits per heavy atom. The van der Waals surface area contributed by atoms with Gasteiger partial charge in [0.2, 0.25) is 0 Å². The van der Waals surface area contributed by atoms with Gasteiger partial charge in [0.1, 0.15) is 0 Å². The summed E-state index contributed by atoms with van der Waals surface area (Å²) in [6, 6.07) is 7.84. The van der Waals surface area contributed by atoms with Crippen molar-refractivity contribution in [3.63, 3.8) is 0 Å². The van der Waals surface area contributed by atoms with E-state index in [0.717, 1.165) is 10.6 Å². The largest absolute Gasteiger partial charge is 0.493 e. The van der Waals surface area contributed by atoms with E-state index in [1.54, 1.807) is 26.4 Å². The highest BCUT2D eigenvalue weighted by Crippen LogP contribution is 2.30. The first-order valence-electron chi connectivity index (χ1n) is 7.85. The van der Waals surface area contributed by atoms with Gasteiger partial charge in [-0.1, -0.05) is 12.8 Å². The fourth-order valence-electron chi connectivity index (χ4n) is 3.00. The second-order valence-electron chi connectivity index (χ2n) is 5.73. The number of rotatable bonds is 6. The minimum atomic E-state index is -1.16. The molecule has 3 rings (SSSR count). The van der Waals surface area contributed by atoms with E-state index in [9.17, 15) is 4.21 Å². The maximum absolute atomic E-state index is 12.6. The molecule has 1 aliphatic carbocycles. The zero-order valence-corrected chi connectivity index (χ0v) is 14.3. The van der Waals surface area contributed by atoms with Crippen LogP contribution in [-0.4, -0.2) is 28.2 Å². The number of nitrogens with zero attached hydrogens (tertiary/aromatic N) is 2. The van der Waals surface area contributed by atoms with Crippen molar-refractivity contribution in [1.82, 2.24) is 9.78 Å². The van der Waals surface area contributed by atoms with Crippen LogP contribution in [0.1, 0.15) is 37.4 Å². The van der Waals surface area contributed by atoms with Gasteiger partial charge >= 0.3 is 0 Å². The zero-order valence-electron chi connectivity index (χ0n) is 13.5. The van der Waals surface area contributed by atoms with Gasteiger partial charge in [-0.2, -0.15) is 5.10 Å². The number of hydrogen-bond acceptors (Lipinski definition) is 4. The first kappa shape index (κ1) is 16.1. The summed E-state index contributed by atoms with van der Waals surface area (Å²) < 4.78 is 25.1. The summed E-state index contributed by atoms with van der Waals surface area (Å²) in [5.74, 6) is 1.64. The van der Waals surface area contributed by atoms with E-state index < -0.39 is 10.8 Å². The second-order valence-corrected chi connectivity index (χ2v) is 7.18. The van der Waals surface area contributed by atoms with Crippen LogP contribution in [0.3, 0.4) is 0 Å². The normalized spacial score (nSPS) is 16.4. The highest BCUT2D eigenvalue weighted by molar-refractivity contribution is 7.84. The summed E-state index contributed by atoms with van der Waals surface area (Å²) in [6.45, 7) is 0. The van der Waals surface area contributed by atoms with Crippen LogP contribution in [0.25, 0.3) is 0 Å². The average Bonchev–Trinajstić information content (AvgIpc) is 3.25. The van der Waals surface area contributed by atoms with Crippen LogP contribution in [0.5, 0.6) is 11.5 Å². The van der Waals surface area contributed by atoms with Crippen LogP contribution in [0.4, 0.5) is 0 Å². The van der Waals surface area contributed by atoms with Crippen molar-refractivity contribution in [2.75, 3.05) is 14.2 Å². The van der Waals surface area contributed by atoms with Crippen LogP contribution in [0.2, 0.25) is 0 Å². The third-order valence-electron chi connectivity index (χ3n) is 4.26. The predicted octanol–water partition coefficient (Wildman–Crippen LogP) is 3.32. The summed E-state index contributed by atoms with van der Waals surface area (Å²) in [6.07, 6.45) is 6.95. The molecular formula is C17H22N2O3S. The predicted molar refractivity (Wildman–Crippen MR) is 89.4 cm³/mol. The van der Waals surface area contributed by atoms with Crippen LogP contribution in [0, 0.1) is 0 Å². The van der Waals surface area contributed by atoms with Crippen molar-refractivity contribution in [2.24, 2.45) is 0 Å².